The number of nitrogens with one attached hydrogen (secondary N) is 3. The second-order valence-electron chi connectivity index (χ2n) is 4.96. The lowest BCUT2D eigenvalue weighted by atomic mass is 10.2. The largest absolute Gasteiger partial charge is 0.484 e. The second-order valence-corrected chi connectivity index (χ2v) is 4.96. The Labute approximate surface area is 134 Å². The lowest BCUT2D eigenvalue weighted by Crippen LogP contribution is -2.21. The van der Waals surface area contributed by atoms with E-state index in [9.17, 15) is 18.8 Å². The first kappa shape index (κ1) is 15.5. The van der Waals surface area contributed by atoms with Gasteiger partial charge in [0.1, 0.15) is 11.6 Å². The number of H-pyrrole nitrogens is 2. The first-order valence-corrected chi connectivity index (χ1v) is 6.96. The van der Waals surface area contributed by atoms with E-state index >= 15 is 0 Å². The number of amides is 1. The molecule has 3 aromatic rings. The molecule has 24 heavy (non-hydrogen) atoms. The molecule has 8 heteroatoms. The van der Waals surface area contributed by atoms with Gasteiger partial charge in [-0.05, 0) is 30.3 Å². The molecule has 3 rings (SSSR count). The molecular formula is C16H12FN3O4. The summed E-state index contributed by atoms with van der Waals surface area (Å²) < 4.78 is 18.2. The molecular weight excluding hydrogens is 317 g/mol. The molecule has 0 unspecified atom stereocenters. The van der Waals surface area contributed by atoms with Gasteiger partial charge in [-0.1, -0.05) is 6.07 Å². The molecule has 2 aromatic carbocycles. The fraction of sp³-hybridized carbons (Fsp3) is 0.0625. The minimum absolute atomic E-state index is 0.155. The summed E-state index contributed by atoms with van der Waals surface area (Å²) in [6.07, 6.45) is 0. The van der Waals surface area contributed by atoms with Gasteiger partial charge in [0.05, 0.1) is 10.8 Å². The van der Waals surface area contributed by atoms with Gasteiger partial charge in [-0.3, -0.25) is 24.6 Å². The highest BCUT2D eigenvalue weighted by Gasteiger charge is 2.08. The third-order valence-corrected chi connectivity index (χ3v) is 3.25. The summed E-state index contributed by atoms with van der Waals surface area (Å²) in [5.41, 5.74) is -0.569. The number of carbonyl (C=O) groups is 1. The van der Waals surface area contributed by atoms with Crippen molar-refractivity contribution in [2.24, 2.45) is 0 Å². The molecule has 0 bridgehead atoms. The molecule has 1 heterocycles. The van der Waals surface area contributed by atoms with E-state index < -0.39 is 22.8 Å². The van der Waals surface area contributed by atoms with Gasteiger partial charge >= 0.3 is 0 Å². The fourth-order valence-electron chi connectivity index (χ4n) is 2.16. The minimum atomic E-state index is -0.486. The molecule has 0 saturated heterocycles. The molecule has 0 fully saturated rings. The number of hydrogen-bond acceptors (Lipinski definition) is 4. The highest BCUT2D eigenvalue weighted by atomic mass is 19.1. The average molecular weight is 329 g/mol. The molecule has 0 radical (unpaired) electrons. The van der Waals surface area contributed by atoms with Crippen molar-refractivity contribution in [2.45, 2.75) is 0 Å². The quantitative estimate of drug-likeness (QED) is 0.672. The van der Waals surface area contributed by atoms with E-state index in [1.54, 1.807) is 0 Å². The number of halogens is 1. The Balaban J connectivity index is 1.72. The van der Waals surface area contributed by atoms with Crippen LogP contribution in [0.4, 0.5) is 10.1 Å². The van der Waals surface area contributed by atoms with Gasteiger partial charge in [-0.15, -0.1) is 0 Å². The minimum Gasteiger partial charge on any atom is -0.484 e. The lowest BCUT2D eigenvalue weighted by Gasteiger charge is -2.08. The molecule has 7 nitrogen and oxygen atoms in total. The summed E-state index contributed by atoms with van der Waals surface area (Å²) in [6, 6.07) is 9.75. The van der Waals surface area contributed by atoms with Crippen molar-refractivity contribution < 1.29 is 13.9 Å². The van der Waals surface area contributed by atoms with E-state index in [0.29, 0.717) is 5.69 Å². The number of aromatic amines is 2. The van der Waals surface area contributed by atoms with Gasteiger partial charge in [0.15, 0.2) is 6.61 Å². The van der Waals surface area contributed by atoms with Crippen LogP contribution in [-0.2, 0) is 4.79 Å². The number of anilines is 1. The Hall–Kier alpha value is -3.42. The number of carbonyl (C=O) groups excluding carboxylic acids is 1. The number of rotatable bonds is 4. The summed E-state index contributed by atoms with van der Waals surface area (Å²) in [4.78, 5) is 35.2. The van der Waals surface area contributed by atoms with Crippen molar-refractivity contribution >= 4 is 22.4 Å². The van der Waals surface area contributed by atoms with Crippen molar-refractivity contribution in [1.82, 2.24) is 10.2 Å². The van der Waals surface area contributed by atoms with Gasteiger partial charge in [-0.2, -0.15) is 0 Å². The highest BCUT2D eigenvalue weighted by molar-refractivity contribution is 5.94. The fourth-order valence-corrected chi connectivity index (χ4v) is 2.16. The van der Waals surface area contributed by atoms with Gasteiger partial charge < -0.3 is 10.1 Å². The van der Waals surface area contributed by atoms with E-state index in [2.05, 4.69) is 15.5 Å². The first-order valence-electron chi connectivity index (χ1n) is 6.96. The monoisotopic (exact) mass is 329 g/mol. The zero-order valence-corrected chi connectivity index (χ0v) is 12.3. The Morgan fingerprint density at radius 2 is 1.79 bits per heavy atom. The van der Waals surface area contributed by atoms with Crippen LogP contribution in [0.15, 0.2) is 52.1 Å². The van der Waals surface area contributed by atoms with Crippen LogP contribution >= 0.6 is 0 Å². The van der Waals surface area contributed by atoms with E-state index in [1.165, 1.54) is 36.4 Å². The van der Waals surface area contributed by atoms with Crippen LogP contribution in [0.25, 0.3) is 10.8 Å². The molecule has 0 atom stereocenters. The molecule has 1 amide bonds. The Kier molecular flexibility index (Phi) is 4.11. The molecule has 0 aliphatic heterocycles. The number of fused-ring (bicyclic) bond motifs is 1. The standard InChI is InChI=1S/C16H12FN3O4/c17-9-2-1-3-11(6-9)24-8-14(21)18-10-4-5-12-13(7-10)16(23)20-19-15(12)22/h1-7H,8H2,(H,18,21)(H,19,22)(H,20,23). The maximum Gasteiger partial charge on any atom is 0.270 e. The molecule has 0 saturated carbocycles. The van der Waals surface area contributed by atoms with Gasteiger partial charge in [0.25, 0.3) is 17.0 Å². The summed E-state index contributed by atoms with van der Waals surface area (Å²) in [6.45, 7) is -0.326. The molecule has 1 aromatic heterocycles. The molecule has 0 spiro atoms. The molecule has 0 aliphatic carbocycles. The van der Waals surface area contributed by atoms with Crippen LogP contribution in [0, 0.1) is 5.82 Å². The summed E-state index contributed by atoms with van der Waals surface area (Å²) >= 11 is 0. The van der Waals surface area contributed by atoms with E-state index in [4.69, 9.17) is 4.74 Å². The third-order valence-electron chi connectivity index (χ3n) is 3.25. The lowest BCUT2D eigenvalue weighted by molar-refractivity contribution is -0.118. The van der Waals surface area contributed by atoms with Crippen molar-refractivity contribution in [3.63, 3.8) is 0 Å². The number of benzene rings is 2. The van der Waals surface area contributed by atoms with Gasteiger partial charge in [-0.25, -0.2) is 4.39 Å². The predicted molar refractivity (Wildman–Crippen MR) is 85.7 cm³/mol. The smallest absolute Gasteiger partial charge is 0.270 e. The summed E-state index contributed by atoms with van der Waals surface area (Å²) in [7, 11) is 0. The van der Waals surface area contributed by atoms with Crippen LogP contribution in [0.5, 0.6) is 5.75 Å². The Bertz CT molecular complexity index is 1030. The number of ether oxygens (including phenoxy) is 1. The van der Waals surface area contributed by atoms with E-state index in [0.717, 1.165) is 6.07 Å². The first-order chi connectivity index (χ1) is 11.5. The van der Waals surface area contributed by atoms with Crippen LogP contribution in [0.2, 0.25) is 0 Å². The average Bonchev–Trinajstić information content (AvgIpc) is 2.57. The molecule has 0 aliphatic rings. The summed E-state index contributed by atoms with van der Waals surface area (Å²) in [5, 5.41) is 7.34. The van der Waals surface area contributed by atoms with Gasteiger partial charge in [0, 0.05) is 11.8 Å². The van der Waals surface area contributed by atoms with Crippen molar-refractivity contribution in [3.8, 4) is 5.75 Å². The second kappa shape index (κ2) is 6.37. The molecule has 3 N–H and O–H groups in total. The zero-order valence-electron chi connectivity index (χ0n) is 12.3. The maximum absolute atomic E-state index is 13.0. The summed E-state index contributed by atoms with van der Waals surface area (Å²) in [5.74, 6) is -0.724. The SMILES string of the molecule is O=C(COc1cccc(F)c1)Nc1ccc2c(=O)[nH][nH]c(=O)c2c1. The van der Waals surface area contributed by atoms with Crippen LogP contribution in [0.1, 0.15) is 0 Å². The predicted octanol–water partition coefficient (Wildman–Crippen LogP) is 1.37. The van der Waals surface area contributed by atoms with Crippen LogP contribution in [0.3, 0.4) is 0 Å². The Morgan fingerprint density at radius 1 is 1.04 bits per heavy atom. The van der Waals surface area contributed by atoms with Crippen molar-refractivity contribution in [1.29, 1.82) is 0 Å². The molecule has 122 valence electrons. The van der Waals surface area contributed by atoms with Crippen LogP contribution in [-0.4, -0.2) is 22.7 Å². The van der Waals surface area contributed by atoms with Crippen LogP contribution < -0.4 is 21.2 Å². The van der Waals surface area contributed by atoms with E-state index in [-0.39, 0.29) is 23.1 Å². The number of hydrogen-bond donors (Lipinski definition) is 3. The zero-order chi connectivity index (χ0) is 17.1. The topological polar surface area (TPSA) is 104 Å². The third kappa shape index (κ3) is 3.32. The number of aromatic nitrogens is 2. The van der Waals surface area contributed by atoms with E-state index in [1.807, 2.05) is 0 Å². The normalized spacial score (nSPS) is 10.5. The van der Waals surface area contributed by atoms with Gasteiger partial charge in [0.2, 0.25) is 0 Å². The highest BCUT2D eigenvalue weighted by Crippen LogP contribution is 2.14. The van der Waals surface area contributed by atoms with Crippen molar-refractivity contribution in [2.75, 3.05) is 11.9 Å². The Morgan fingerprint density at radius 3 is 2.54 bits per heavy atom. The van der Waals surface area contributed by atoms with Crippen molar-refractivity contribution in [3.05, 3.63) is 69.0 Å². The maximum atomic E-state index is 13.0.